The van der Waals surface area contributed by atoms with E-state index in [0.29, 0.717) is 27.9 Å². The van der Waals surface area contributed by atoms with Crippen molar-refractivity contribution < 1.29 is 23.7 Å². The van der Waals surface area contributed by atoms with E-state index in [1.807, 2.05) is 0 Å². The topological polar surface area (TPSA) is 150 Å². The molecule has 1 aromatic carbocycles. The number of aromatic amines is 1. The van der Waals surface area contributed by atoms with Crippen molar-refractivity contribution in [2.24, 2.45) is 5.73 Å². The van der Waals surface area contributed by atoms with Gasteiger partial charge in [0.15, 0.2) is 16.7 Å². The summed E-state index contributed by atoms with van der Waals surface area (Å²) in [7, 11) is 2.95. The Bertz CT molecular complexity index is 1260. The highest BCUT2D eigenvalue weighted by Crippen LogP contribution is 2.46. The molecule has 10 nitrogen and oxygen atoms in total. The highest BCUT2D eigenvalue weighted by molar-refractivity contribution is 7.99. The summed E-state index contributed by atoms with van der Waals surface area (Å²) in [4.78, 5) is 31.9. The zero-order valence-corrected chi connectivity index (χ0v) is 19.9. The molecule has 0 spiro atoms. The maximum atomic E-state index is 13.1. The lowest BCUT2D eigenvalue weighted by Crippen LogP contribution is -2.27. The van der Waals surface area contributed by atoms with E-state index in [-0.39, 0.29) is 40.7 Å². The van der Waals surface area contributed by atoms with Gasteiger partial charge in [0.25, 0.3) is 5.56 Å². The summed E-state index contributed by atoms with van der Waals surface area (Å²) < 4.78 is 22.0. The summed E-state index contributed by atoms with van der Waals surface area (Å²) in [6, 6.07) is 8.55. The van der Waals surface area contributed by atoms with Gasteiger partial charge < -0.3 is 29.7 Å². The van der Waals surface area contributed by atoms with Crippen LogP contribution in [0.1, 0.15) is 24.1 Å². The van der Waals surface area contributed by atoms with Gasteiger partial charge >= 0.3 is 5.97 Å². The number of hydrogen-bond donors (Lipinski definition) is 2. The third kappa shape index (κ3) is 5.02. The van der Waals surface area contributed by atoms with Gasteiger partial charge in [-0.3, -0.25) is 4.79 Å². The lowest BCUT2D eigenvalue weighted by molar-refractivity contribution is -0.139. The van der Waals surface area contributed by atoms with Crippen molar-refractivity contribution in [3.05, 3.63) is 68.7 Å². The zero-order chi connectivity index (χ0) is 24.8. The van der Waals surface area contributed by atoms with Crippen molar-refractivity contribution in [1.82, 2.24) is 9.97 Å². The maximum absolute atomic E-state index is 13.1. The number of aromatic nitrogens is 2. The predicted molar refractivity (Wildman–Crippen MR) is 124 cm³/mol. The number of aryl methyl sites for hydroxylation is 1. The van der Waals surface area contributed by atoms with Gasteiger partial charge in [0.1, 0.15) is 17.4 Å². The van der Waals surface area contributed by atoms with Crippen LogP contribution < -0.4 is 20.8 Å². The average Bonchev–Trinajstić information content (AvgIpc) is 2.81. The molecule has 3 rings (SSSR count). The first kappa shape index (κ1) is 24.7. The van der Waals surface area contributed by atoms with Gasteiger partial charge in [0.2, 0.25) is 5.88 Å². The summed E-state index contributed by atoms with van der Waals surface area (Å²) in [5.74, 6) is -0.713. The van der Waals surface area contributed by atoms with E-state index in [4.69, 9.17) is 24.7 Å². The summed E-state index contributed by atoms with van der Waals surface area (Å²) in [6.45, 7) is 3.48. The molecule has 0 aliphatic carbocycles. The second-order valence-corrected chi connectivity index (χ2v) is 8.01. The fraction of sp³-hybridized carbons (Fsp3) is 0.304. The molecule has 11 heteroatoms. The fourth-order valence-electron chi connectivity index (χ4n) is 3.56. The van der Waals surface area contributed by atoms with Gasteiger partial charge in [0.05, 0.1) is 38.1 Å². The largest absolute Gasteiger partial charge is 0.493 e. The first-order valence-electron chi connectivity index (χ1n) is 10.2. The number of esters is 1. The monoisotopic (exact) mass is 484 g/mol. The number of carbonyl (C=O) groups is 1. The second kappa shape index (κ2) is 10.8. The Balaban J connectivity index is 2.18. The third-order valence-corrected chi connectivity index (χ3v) is 5.80. The summed E-state index contributed by atoms with van der Waals surface area (Å²) in [6.07, 6.45) is 0. The van der Waals surface area contributed by atoms with E-state index in [1.165, 1.54) is 20.3 Å². The van der Waals surface area contributed by atoms with E-state index in [2.05, 4.69) is 16.0 Å². The Morgan fingerprint density at radius 3 is 2.74 bits per heavy atom. The molecule has 0 fully saturated rings. The van der Waals surface area contributed by atoms with Crippen LogP contribution in [0.5, 0.6) is 11.5 Å². The number of nitrogens with one attached hydrogen (secondary N) is 1. The molecule has 0 radical (unpaired) electrons. The standard InChI is InChI=1S/C23H24N4O6S/c1-5-32-22(29)19-16(11-34-23-26-12(2)9-17(28)27-23)33-21(25)14(10-24)18(19)13-7-6-8-15(30-3)20(13)31-4/h6-9,18H,5,11,25H2,1-4H3,(H,26,27,28). The lowest BCUT2D eigenvalue weighted by Gasteiger charge is -2.29. The number of allylic oxidation sites excluding steroid dienone is 1. The highest BCUT2D eigenvalue weighted by Gasteiger charge is 2.39. The third-order valence-electron chi connectivity index (χ3n) is 4.92. The van der Waals surface area contributed by atoms with E-state index in [9.17, 15) is 14.9 Å². The number of thioether (sulfide) groups is 1. The number of H-pyrrole nitrogens is 1. The van der Waals surface area contributed by atoms with Crippen LogP contribution in [0.3, 0.4) is 0 Å². The van der Waals surface area contributed by atoms with Crippen molar-refractivity contribution >= 4 is 17.7 Å². The van der Waals surface area contributed by atoms with Crippen LogP contribution in [-0.2, 0) is 14.3 Å². The number of para-hydroxylation sites is 1. The van der Waals surface area contributed by atoms with Crippen molar-refractivity contribution in [3.63, 3.8) is 0 Å². The number of nitrogens with two attached hydrogens (primary N) is 1. The molecule has 2 heterocycles. The smallest absolute Gasteiger partial charge is 0.338 e. The number of carbonyl (C=O) groups excluding carboxylic acids is 1. The summed E-state index contributed by atoms with van der Waals surface area (Å²) >= 11 is 1.15. The molecule has 1 unspecified atom stereocenters. The quantitative estimate of drug-likeness (QED) is 0.325. The molecule has 2 aromatic rings. The molecule has 178 valence electrons. The first-order chi connectivity index (χ1) is 16.3. The number of nitriles is 1. The minimum Gasteiger partial charge on any atom is -0.493 e. The van der Waals surface area contributed by atoms with Gasteiger partial charge in [-0.15, -0.1) is 0 Å². The average molecular weight is 485 g/mol. The minimum absolute atomic E-state index is 0.0328. The molecule has 1 aliphatic rings. The van der Waals surface area contributed by atoms with E-state index >= 15 is 0 Å². The molecule has 0 amide bonds. The molecule has 1 aliphatic heterocycles. The highest BCUT2D eigenvalue weighted by atomic mass is 32.2. The SMILES string of the molecule is CCOC(=O)C1=C(CSc2nc(C)cc(=O)[nH]2)OC(N)=C(C#N)C1c1cccc(OC)c1OC. The van der Waals surface area contributed by atoms with E-state index < -0.39 is 11.9 Å². The van der Waals surface area contributed by atoms with Crippen LogP contribution >= 0.6 is 11.8 Å². The van der Waals surface area contributed by atoms with Gasteiger partial charge in [-0.2, -0.15) is 5.26 Å². The normalized spacial score (nSPS) is 15.4. The molecule has 34 heavy (non-hydrogen) atoms. The number of methoxy groups -OCH3 is 2. The Morgan fingerprint density at radius 1 is 1.35 bits per heavy atom. The van der Waals surface area contributed by atoms with E-state index in [1.54, 1.807) is 32.0 Å². The van der Waals surface area contributed by atoms with Crippen molar-refractivity contribution in [3.8, 4) is 17.6 Å². The molecule has 0 saturated carbocycles. The van der Waals surface area contributed by atoms with Crippen LogP contribution in [0, 0.1) is 18.3 Å². The minimum atomic E-state index is -0.928. The Hall–Kier alpha value is -3.91. The van der Waals surface area contributed by atoms with Gasteiger partial charge in [0, 0.05) is 17.3 Å². The first-order valence-corrected chi connectivity index (χ1v) is 11.2. The van der Waals surface area contributed by atoms with Gasteiger partial charge in [-0.05, 0) is 19.9 Å². The van der Waals surface area contributed by atoms with Crippen LogP contribution in [-0.4, -0.2) is 42.5 Å². The number of benzene rings is 1. The number of ether oxygens (including phenoxy) is 4. The Kier molecular flexibility index (Phi) is 7.86. The van der Waals surface area contributed by atoms with Gasteiger partial charge in [-0.25, -0.2) is 9.78 Å². The molecule has 1 aromatic heterocycles. The molecular formula is C23H24N4O6S. The molecule has 3 N–H and O–H groups in total. The van der Waals surface area contributed by atoms with Crippen LogP contribution in [0.15, 0.2) is 57.0 Å². The second-order valence-electron chi connectivity index (χ2n) is 7.05. The Labute approximate surface area is 200 Å². The van der Waals surface area contributed by atoms with Crippen LogP contribution in [0.25, 0.3) is 0 Å². The van der Waals surface area contributed by atoms with E-state index in [0.717, 1.165) is 11.8 Å². The van der Waals surface area contributed by atoms with Crippen LogP contribution in [0.4, 0.5) is 0 Å². The van der Waals surface area contributed by atoms with Crippen molar-refractivity contribution in [2.75, 3.05) is 26.6 Å². The molecule has 0 bridgehead atoms. The fourth-order valence-corrected chi connectivity index (χ4v) is 4.43. The summed E-state index contributed by atoms with van der Waals surface area (Å²) in [5.41, 5.74) is 6.97. The van der Waals surface area contributed by atoms with Crippen molar-refractivity contribution in [1.29, 1.82) is 5.26 Å². The predicted octanol–water partition coefficient (Wildman–Crippen LogP) is 2.51. The van der Waals surface area contributed by atoms with Crippen LogP contribution in [0.2, 0.25) is 0 Å². The lowest BCUT2D eigenvalue weighted by atomic mass is 9.82. The van der Waals surface area contributed by atoms with Crippen molar-refractivity contribution in [2.45, 2.75) is 24.9 Å². The number of rotatable bonds is 8. The Morgan fingerprint density at radius 2 is 2.12 bits per heavy atom. The molecular weight excluding hydrogens is 460 g/mol. The summed E-state index contributed by atoms with van der Waals surface area (Å²) in [5, 5.41) is 10.2. The van der Waals surface area contributed by atoms with Gasteiger partial charge in [-0.1, -0.05) is 23.9 Å². The number of hydrogen-bond acceptors (Lipinski definition) is 10. The zero-order valence-electron chi connectivity index (χ0n) is 19.1. The molecule has 1 atom stereocenters. The molecule has 0 saturated heterocycles. The maximum Gasteiger partial charge on any atom is 0.338 e. The number of nitrogens with zero attached hydrogens (tertiary/aromatic N) is 2.